The molecule has 0 unspecified atom stereocenters. The van der Waals surface area contributed by atoms with Gasteiger partial charge in [-0.2, -0.15) is 4.98 Å². The average molecular weight is 295 g/mol. The third-order valence-corrected chi connectivity index (χ3v) is 3.67. The van der Waals surface area contributed by atoms with Gasteiger partial charge in [-0.15, -0.1) is 0 Å². The number of carbonyl (C=O) groups is 2. The number of aliphatic hydroxyl groups is 1. The number of aromatic amines is 1. The van der Waals surface area contributed by atoms with Crippen molar-refractivity contribution in [3.63, 3.8) is 0 Å². The van der Waals surface area contributed by atoms with E-state index in [1.165, 1.54) is 0 Å². The SMILES string of the molecule is Cc1nc(=O)[nH]c(C)c1CC(=O)N1C[C@@H](O)C[C@H]1C(=O)O. The molecule has 2 rings (SSSR count). The van der Waals surface area contributed by atoms with Gasteiger partial charge in [-0.25, -0.2) is 9.59 Å². The van der Waals surface area contributed by atoms with Crippen molar-refractivity contribution >= 4 is 11.9 Å². The van der Waals surface area contributed by atoms with E-state index in [9.17, 15) is 19.5 Å². The molecule has 8 nitrogen and oxygen atoms in total. The maximum atomic E-state index is 12.3. The maximum Gasteiger partial charge on any atom is 0.345 e. The van der Waals surface area contributed by atoms with Crippen molar-refractivity contribution in [2.24, 2.45) is 0 Å². The number of carboxylic acid groups (broad SMARTS) is 1. The lowest BCUT2D eigenvalue weighted by Gasteiger charge is -2.21. The van der Waals surface area contributed by atoms with Gasteiger partial charge >= 0.3 is 11.7 Å². The van der Waals surface area contributed by atoms with Crippen molar-refractivity contribution in [3.8, 4) is 0 Å². The number of β-amino-alcohol motifs (C(OH)–C–C–N with tert-alkyl or cyclic N) is 1. The van der Waals surface area contributed by atoms with Gasteiger partial charge in [-0.05, 0) is 13.8 Å². The Hall–Kier alpha value is -2.22. The van der Waals surface area contributed by atoms with Crippen LogP contribution in [0.15, 0.2) is 4.79 Å². The third-order valence-electron chi connectivity index (χ3n) is 3.67. The van der Waals surface area contributed by atoms with Crippen molar-refractivity contribution in [1.82, 2.24) is 14.9 Å². The second-order valence-electron chi connectivity index (χ2n) is 5.20. The van der Waals surface area contributed by atoms with Crippen LogP contribution in [-0.4, -0.2) is 55.6 Å². The first-order chi connectivity index (χ1) is 9.79. The number of carbonyl (C=O) groups excluding carboxylic acids is 1. The summed E-state index contributed by atoms with van der Waals surface area (Å²) in [5, 5.41) is 18.7. The van der Waals surface area contributed by atoms with Crippen LogP contribution < -0.4 is 5.69 Å². The Labute approximate surface area is 120 Å². The molecule has 0 spiro atoms. The Morgan fingerprint density at radius 2 is 2.10 bits per heavy atom. The smallest absolute Gasteiger partial charge is 0.345 e. The highest BCUT2D eigenvalue weighted by Gasteiger charge is 2.38. The van der Waals surface area contributed by atoms with Crippen LogP contribution in [-0.2, 0) is 16.0 Å². The van der Waals surface area contributed by atoms with E-state index >= 15 is 0 Å². The Kier molecular flexibility index (Phi) is 4.08. The Morgan fingerprint density at radius 1 is 1.43 bits per heavy atom. The van der Waals surface area contributed by atoms with Crippen LogP contribution in [0.25, 0.3) is 0 Å². The zero-order chi connectivity index (χ0) is 15.7. The lowest BCUT2D eigenvalue weighted by atomic mass is 10.1. The fraction of sp³-hybridized carbons (Fsp3) is 0.538. The number of amides is 1. The lowest BCUT2D eigenvalue weighted by Crippen LogP contribution is -2.41. The van der Waals surface area contributed by atoms with Gasteiger partial charge in [0.2, 0.25) is 5.91 Å². The largest absolute Gasteiger partial charge is 0.480 e. The topological polar surface area (TPSA) is 124 Å². The number of carboxylic acids is 1. The molecule has 8 heteroatoms. The summed E-state index contributed by atoms with van der Waals surface area (Å²) >= 11 is 0. The van der Waals surface area contributed by atoms with Gasteiger partial charge in [0.25, 0.3) is 0 Å². The van der Waals surface area contributed by atoms with Crippen molar-refractivity contribution < 1.29 is 19.8 Å². The minimum absolute atomic E-state index is 0.00464. The zero-order valence-corrected chi connectivity index (χ0v) is 11.8. The number of nitrogens with one attached hydrogen (secondary N) is 1. The van der Waals surface area contributed by atoms with Crippen LogP contribution in [0.3, 0.4) is 0 Å². The molecule has 1 aliphatic rings. The van der Waals surface area contributed by atoms with Crippen LogP contribution in [0.1, 0.15) is 23.4 Å². The molecule has 1 amide bonds. The first-order valence-electron chi connectivity index (χ1n) is 6.56. The highest BCUT2D eigenvalue weighted by Crippen LogP contribution is 2.20. The van der Waals surface area contributed by atoms with Gasteiger partial charge in [-0.3, -0.25) is 4.79 Å². The summed E-state index contributed by atoms with van der Waals surface area (Å²) in [7, 11) is 0. The monoisotopic (exact) mass is 295 g/mol. The number of likely N-dealkylation sites (tertiary alicyclic amines) is 1. The second kappa shape index (κ2) is 5.65. The molecule has 3 N–H and O–H groups in total. The number of hydrogen-bond donors (Lipinski definition) is 3. The summed E-state index contributed by atoms with van der Waals surface area (Å²) in [5.74, 6) is -1.54. The summed E-state index contributed by atoms with van der Waals surface area (Å²) in [6.45, 7) is 3.29. The fourth-order valence-electron chi connectivity index (χ4n) is 2.59. The Morgan fingerprint density at radius 3 is 2.67 bits per heavy atom. The molecular formula is C13H17N3O5. The van der Waals surface area contributed by atoms with Gasteiger partial charge in [0.05, 0.1) is 12.5 Å². The summed E-state index contributed by atoms with van der Waals surface area (Å²) < 4.78 is 0. The van der Waals surface area contributed by atoms with Crippen molar-refractivity contribution in [2.75, 3.05) is 6.54 Å². The van der Waals surface area contributed by atoms with Crippen molar-refractivity contribution in [2.45, 2.75) is 38.8 Å². The first kappa shape index (κ1) is 15.2. The van der Waals surface area contributed by atoms with E-state index in [-0.39, 0.29) is 19.4 Å². The molecule has 0 saturated carbocycles. The molecule has 1 aliphatic heterocycles. The van der Waals surface area contributed by atoms with Gasteiger partial charge in [0, 0.05) is 29.9 Å². The predicted octanol–water partition coefficient (Wildman–Crippen LogP) is -1.02. The van der Waals surface area contributed by atoms with Crippen LogP contribution in [0.5, 0.6) is 0 Å². The van der Waals surface area contributed by atoms with Crippen LogP contribution in [0.2, 0.25) is 0 Å². The summed E-state index contributed by atoms with van der Waals surface area (Å²) in [5.41, 5.74) is 1.06. The van der Waals surface area contributed by atoms with Crippen molar-refractivity contribution in [1.29, 1.82) is 0 Å². The van der Waals surface area contributed by atoms with Crippen LogP contribution >= 0.6 is 0 Å². The molecule has 1 aromatic rings. The van der Waals surface area contributed by atoms with E-state index in [1.807, 2.05) is 0 Å². The number of aliphatic hydroxyl groups excluding tert-OH is 1. The highest BCUT2D eigenvalue weighted by atomic mass is 16.4. The predicted molar refractivity (Wildman–Crippen MR) is 71.8 cm³/mol. The third kappa shape index (κ3) is 3.10. The Balaban J connectivity index is 2.22. The van der Waals surface area contributed by atoms with Crippen LogP contribution in [0.4, 0.5) is 0 Å². The van der Waals surface area contributed by atoms with E-state index in [0.29, 0.717) is 17.0 Å². The van der Waals surface area contributed by atoms with E-state index < -0.39 is 29.7 Å². The molecule has 0 aliphatic carbocycles. The summed E-state index contributed by atoms with van der Waals surface area (Å²) in [6.07, 6.45) is -0.855. The molecule has 2 heterocycles. The molecule has 1 saturated heterocycles. The molecule has 0 aromatic carbocycles. The Bertz CT molecular complexity index is 613. The number of rotatable bonds is 3. The van der Waals surface area contributed by atoms with E-state index in [2.05, 4.69) is 9.97 Å². The standard InChI is InChI=1S/C13H17N3O5/c1-6-9(7(2)15-13(21)14-6)4-11(18)16-5-8(17)3-10(16)12(19)20/h8,10,17H,3-5H2,1-2H3,(H,19,20)(H,14,15,21)/t8-,10-/m0/s1. The first-order valence-corrected chi connectivity index (χ1v) is 6.56. The molecule has 1 fully saturated rings. The van der Waals surface area contributed by atoms with Gasteiger partial charge in [-0.1, -0.05) is 0 Å². The van der Waals surface area contributed by atoms with Gasteiger partial charge < -0.3 is 20.1 Å². The minimum Gasteiger partial charge on any atom is -0.480 e. The number of aliphatic carboxylic acids is 1. The van der Waals surface area contributed by atoms with Crippen molar-refractivity contribution in [3.05, 3.63) is 27.4 Å². The normalized spacial score (nSPS) is 21.6. The van der Waals surface area contributed by atoms with E-state index in [4.69, 9.17) is 5.11 Å². The molecule has 21 heavy (non-hydrogen) atoms. The van der Waals surface area contributed by atoms with Gasteiger partial charge in [0.15, 0.2) is 0 Å². The summed E-state index contributed by atoms with van der Waals surface area (Å²) in [4.78, 5) is 42.1. The van der Waals surface area contributed by atoms with E-state index in [1.54, 1.807) is 13.8 Å². The van der Waals surface area contributed by atoms with E-state index in [0.717, 1.165) is 4.90 Å². The minimum atomic E-state index is -1.13. The lowest BCUT2D eigenvalue weighted by molar-refractivity contribution is -0.148. The number of aryl methyl sites for hydroxylation is 2. The number of aromatic nitrogens is 2. The van der Waals surface area contributed by atoms with Crippen LogP contribution in [0, 0.1) is 13.8 Å². The molecular weight excluding hydrogens is 278 g/mol. The molecule has 114 valence electrons. The quantitative estimate of drug-likeness (QED) is 0.655. The molecule has 0 bridgehead atoms. The molecule has 2 atom stereocenters. The second-order valence-corrected chi connectivity index (χ2v) is 5.20. The molecule has 1 aromatic heterocycles. The zero-order valence-electron chi connectivity index (χ0n) is 11.8. The number of nitrogens with zero attached hydrogens (tertiary/aromatic N) is 2. The summed E-state index contributed by atoms with van der Waals surface area (Å²) in [6, 6.07) is -1.01. The number of hydrogen-bond acceptors (Lipinski definition) is 5. The fourth-order valence-corrected chi connectivity index (χ4v) is 2.59. The van der Waals surface area contributed by atoms with Gasteiger partial charge in [0.1, 0.15) is 6.04 Å². The number of H-pyrrole nitrogens is 1. The molecule has 0 radical (unpaired) electrons. The maximum absolute atomic E-state index is 12.3. The average Bonchev–Trinajstić information content (AvgIpc) is 2.76. The highest BCUT2D eigenvalue weighted by molar-refractivity contribution is 5.86.